The predicted molar refractivity (Wildman–Crippen MR) is 71.6 cm³/mol. The van der Waals surface area contributed by atoms with Crippen molar-refractivity contribution in [1.29, 1.82) is 0 Å². The van der Waals surface area contributed by atoms with Crippen LogP contribution in [0, 0.1) is 0 Å². The Bertz CT molecular complexity index is 387. The summed E-state index contributed by atoms with van der Waals surface area (Å²) in [4.78, 5) is 11.5. The van der Waals surface area contributed by atoms with Crippen molar-refractivity contribution in [3.63, 3.8) is 0 Å². The first-order valence-electron chi connectivity index (χ1n) is 4.58. The summed E-state index contributed by atoms with van der Waals surface area (Å²) >= 11 is 13.1. The number of hydrogen-bond donors (Lipinski definition) is 2. The van der Waals surface area contributed by atoms with Crippen molar-refractivity contribution in [1.82, 2.24) is 5.32 Å². The molecule has 0 fully saturated rings. The second-order valence-electron chi connectivity index (χ2n) is 3.11. The average molecular weight is 279 g/mol. The monoisotopic (exact) mass is 278 g/mol. The fourth-order valence-electron chi connectivity index (χ4n) is 0.985. The molecule has 2 N–H and O–H groups in total. The van der Waals surface area contributed by atoms with Crippen LogP contribution in [0.1, 0.15) is 6.92 Å². The van der Waals surface area contributed by atoms with Gasteiger partial charge in [-0.3, -0.25) is 0 Å². The predicted octanol–water partition coefficient (Wildman–Crippen LogP) is 3.82. The van der Waals surface area contributed by atoms with E-state index in [1.807, 2.05) is 13.2 Å². The first-order valence-corrected chi connectivity index (χ1v) is 6.62. The number of anilines is 1. The molecule has 1 unspecified atom stereocenters. The van der Waals surface area contributed by atoms with Gasteiger partial charge < -0.3 is 10.6 Å². The third-order valence-corrected chi connectivity index (χ3v) is 3.43. The third kappa shape index (κ3) is 4.12. The number of benzene rings is 1. The fourth-order valence-corrected chi connectivity index (χ4v) is 1.51. The highest BCUT2D eigenvalue weighted by molar-refractivity contribution is 7.99. The number of rotatable bonds is 3. The van der Waals surface area contributed by atoms with Crippen LogP contribution in [0.25, 0.3) is 0 Å². The zero-order valence-electron chi connectivity index (χ0n) is 8.88. The van der Waals surface area contributed by atoms with E-state index in [1.54, 1.807) is 30.0 Å². The molecule has 0 aliphatic heterocycles. The van der Waals surface area contributed by atoms with Gasteiger partial charge in [-0.25, -0.2) is 4.79 Å². The first kappa shape index (κ1) is 13.5. The topological polar surface area (TPSA) is 41.1 Å². The van der Waals surface area contributed by atoms with Crippen LogP contribution in [-0.4, -0.2) is 17.7 Å². The lowest BCUT2D eigenvalue weighted by atomic mass is 10.3. The molecule has 0 aliphatic rings. The van der Waals surface area contributed by atoms with E-state index in [4.69, 9.17) is 23.2 Å². The van der Waals surface area contributed by atoms with Crippen LogP contribution in [0.15, 0.2) is 18.2 Å². The van der Waals surface area contributed by atoms with Crippen molar-refractivity contribution in [3.8, 4) is 0 Å². The van der Waals surface area contributed by atoms with Gasteiger partial charge >= 0.3 is 6.03 Å². The lowest BCUT2D eigenvalue weighted by Crippen LogP contribution is -2.33. The molecule has 0 bridgehead atoms. The zero-order valence-corrected chi connectivity index (χ0v) is 11.2. The lowest BCUT2D eigenvalue weighted by Gasteiger charge is -2.12. The van der Waals surface area contributed by atoms with E-state index >= 15 is 0 Å². The average Bonchev–Trinajstić information content (AvgIpc) is 2.23. The Morgan fingerprint density at radius 3 is 2.62 bits per heavy atom. The molecule has 6 heteroatoms. The number of urea groups is 1. The van der Waals surface area contributed by atoms with E-state index in [0.717, 1.165) is 0 Å². The summed E-state index contributed by atoms with van der Waals surface area (Å²) in [5.74, 6) is 0. The molecule has 88 valence electrons. The minimum absolute atomic E-state index is 0.0581. The highest BCUT2D eigenvalue weighted by atomic mass is 35.5. The van der Waals surface area contributed by atoms with Gasteiger partial charge in [0.05, 0.1) is 15.4 Å². The van der Waals surface area contributed by atoms with Gasteiger partial charge in [0.1, 0.15) is 0 Å². The van der Waals surface area contributed by atoms with Crippen LogP contribution in [0.3, 0.4) is 0 Å². The van der Waals surface area contributed by atoms with Crippen LogP contribution < -0.4 is 10.6 Å². The largest absolute Gasteiger partial charge is 0.326 e. The van der Waals surface area contributed by atoms with E-state index in [0.29, 0.717) is 15.7 Å². The van der Waals surface area contributed by atoms with Crippen LogP contribution in [0.5, 0.6) is 0 Å². The molecule has 1 aromatic rings. The molecule has 0 saturated heterocycles. The van der Waals surface area contributed by atoms with E-state index < -0.39 is 0 Å². The molecule has 1 rings (SSSR count). The fraction of sp³-hybridized carbons (Fsp3) is 0.300. The molecule has 2 amide bonds. The third-order valence-electron chi connectivity index (χ3n) is 1.87. The summed E-state index contributed by atoms with van der Waals surface area (Å²) < 4.78 is 0. The van der Waals surface area contributed by atoms with Crippen molar-refractivity contribution < 1.29 is 4.79 Å². The second-order valence-corrected chi connectivity index (χ2v) is 5.10. The number of halogens is 2. The van der Waals surface area contributed by atoms with Crippen LogP contribution in [0.2, 0.25) is 10.0 Å². The molecule has 16 heavy (non-hydrogen) atoms. The Hall–Kier alpha value is -0.580. The Balaban J connectivity index is 2.59. The van der Waals surface area contributed by atoms with Crippen LogP contribution in [0.4, 0.5) is 10.5 Å². The van der Waals surface area contributed by atoms with Crippen LogP contribution >= 0.6 is 35.0 Å². The van der Waals surface area contributed by atoms with E-state index in [2.05, 4.69) is 10.6 Å². The molecular formula is C10H12Cl2N2OS. The molecule has 0 aliphatic carbocycles. The molecule has 0 heterocycles. The SMILES string of the molecule is CSC(C)NC(=O)Nc1ccc(Cl)c(Cl)c1. The normalized spacial score (nSPS) is 12.0. The van der Waals surface area contributed by atoms with E-state index in [9.17, 15) is 4.79 Å². The van der Waals surface area contributed by atoms with Gasteiger partial charge in [-0.15, -0.1) is 11.8 Å². The van der Waals surface area contributed by atoms with Crippen molar-refractivity contribution >= 4 is 46.7 Å². The Labute approximate surface area is 109 Å². The molecule has 0 spiro atoms. The van der Waals surface area contributed by atoms with Crippen molar-refractivity contribution in [2.75, 3.05) is 11.6 Å². The van der Waals surface area contributed by atoms with Gasteiger partial charge in [-0.1, -0.05) is 23.2 Å². The molecule has 0 radical (unpaired) electrons. The summed E-state index contributed by atoms with van der Waals surface area (Å²) in [6.45, 7) is 1.90. The maximum Gasteiger partial charge on any atom is 0.320 e. The quantitative estimate of drug-likeness (QED) is 0.826. The summed E-state index contributed by atoms with van der Waals surface area (Å²) in [6, 6.07) is 4.67. The zero-order chi connectivity index (χ0) is 12.1. The van der Waals surface area contributed by atoms with Gasteiger partial charge in [0.25, 0.3) is 0 Å². The van der Waals surface area contributed by atoms with Gasteiger partial charge in [-0.05, 0) is 31.4 Å². The summed E-state index contributed by atoms with van der Waals surface area (Å²) in [5, 5.41) is 6.35. The minimum atomic E-state index is -0.264. The van der Waals surface area contributed by atoms with Gasteiger partial charge in [-0.2, -0.15) is 0 Å². The smallest absolute Gasteiger partial charge is 0.320 e. The van der Waals surface area contributed by atoms with E-state index in [1.165, 1.54) is 0 Å². The van der Waals surface area contributed by atoms with Crippen LogP contribution in [-0.2, 0) is 0 Å². The number of carbonyl (C=O) groups is 1. The van der Waals surface area contributed by atoms with Gasteiger partial charge in [0.15, 0.2) is 0 Å². The van der Waals surface area contributed by atoms with Gasteiger partial charge in [0, 0.05) is 5.69 Å². The maximum atomic E-state index is 11.5. The van der Waals surface area contributed by atoms with Gasteiger partial charge in [0.2, 0.25) is 0 Å². The van der Waals surface area contributed by atoms with E-state index in [-0.39, 0.29) is 11.4 Å². The molecule has 0 saturated carbocycles. The number of hydrogen-bond acceptors (Lipinski definition) is 2. The Morgan fingerprint density at radius 1 is 1.38 bits per heavy atom. The highest BCUT2D eigenvalue weighted by Crippen LogP contribution is 2.24. The first-order chi connectivity index (χ1) is 7.52. The summed E-state index contributed by atoms with van der Waals surface area (Å²) in [5.41, 5.74) is 0.611. The standard InChI is InChI=1S/C10H12Cl2N2OS/c1-6(16-2)13-10(15)14-7-3-4-8(11)9(12)5-7/h3-6H,1-2H3,(H2,13,14,15). The molecule has 1 atom stereocenters. The molecular weight excluding hydrogens is 267 g/mol. The highest BCUT2D eigenvalue weighted by Gasteiger charge is 2.06. The number of thioether (sulfide) groups is 1. The summed E-state index contributed by atoms with van der Waals surface area (Å²) in [6.07, 6.45) is 1.92. The van der Waals surface area contributed by atoms with Crippen molar-refractivity contribution in [3.05, 3.63) is 28.2 Å². The number of amides is 2. The molecule has 0 aromatic heterocycles. The molecule has 3 nitrogen and oxygen atoms in total. The Kier molecular flexibility index (Phi) is 5.25. The van der Waals surface area contributed by atoms with Crippen molar-refractivity contribution in [2.24, 2.45) is 0 Å². The maximum absolute atomic E-state index is 11.5. The number of nitrogens with one attached hydrogen (secondary N) is 2. The molecule has 1 aromatic carbocycles. The summed E-state index contributed by atoms with van der Waals surface area (Å²) in [7, 11) is 0. The lowest BCUT2D eigenvalue weighted by molar-refractivity contribution is 0.252. The van der Waals surface area contributed by atoms with Crippen molar-refractivity contribution in [2.45, 2.75) is 12.3 Å². The second kappa shape index (κ2) is 6.23. The minimum Gasteiger partial charge on any atom is -0.326 e. The Morgan fingerprint density at radius 2 is 2.06 bits per heavy atom. The number of carbonyl (C=O) groups excluding carboxylic acids is 1.